The fourth-order valence-corrected chi connectivity index (χ4v) is 2.74. The summed E-state index contributed by atoms with van der Waals surface area (Å²) in [6.07, 6.45) is 6.78. The third kappa shape index (κ3) is 3.50. The van der Waals surface area contributed by atoms with Crippen LogP contribution in [0.4, 0.5) is 0 Å². The van der Waals surface area contributed by atoms with Crippen molar-refractivity contribution >= 4 is 5.96 Å². The number of nitrogens with zero attached hydrogens (tertiary/aromatic N) is 3. The molecule has 1 saturated carbocycles. The zero-order chi connectivity index (χ0) is 13.8. The van der Waals surface area contributed by atoms with Crippen molar-refractivity contribution in [2.45, 2.75) is 44.3 Å². The molecule has 0 atom stereocenters. The number of rotatable bonds is 4. The van der Waals surface area contributed by atoms with Gasteiger partial charge in [-0.05, 0) is 25.7 Å². The summed E-state index contributed by atoms with van der Waals surface area (Å²) in [5, 5.41) is 10.6. The molecular formula is C14H23N5O. The van der Waals surface area contributed by atoms with Gasteiger partial charge in [0, 0.05) is 38.3 Å². The van der Waals surface area contributed by atoms with Gasteiger partial charge in [0.15, 0.2) is 5.96 Å². The molecule has 6 heteroatoms. The van der Waals surface area contributed by atoms with E-state index in [1.165, 1.54) is 38.8 Å². The lowest BCUT2D eigenvalue weighted by Crippen LogP contribution is -2.48. The van der Waals surface area contributed by atoms with Crippen LogP contribution in [-0.2, 0) is 6.54 Å². The third-order valence-corrected chi connectivity index (χ3v) is 4.09. The number of aromatic nitrogens is 1. The molecule has 0 radical (unpaired) electrons. The minimum absolute atomic E-state index is 0.522. The highest BCUT2D eigenvalue weighted by Gasteiger charge is 2.31. The number of guanidine groups is 1. The van der Waals surface area contributed by atoms with Crippen molar-refractivity contribution in [3.05, 3.63) is 18.0 Å². The molecule has 1 saturated heterocycles. The fraction of sp³-hybridized carbons (Fsp3) is 0.714. The zero-order valence-electron chi connectivity index (χ0n) is 12.0. The minimum atomic E-state index is 0.522. The summed E-state index contributed by atoms with van der Waals surface area (Å²) in [7, 11) is 1.80. The van der Waals surface area contributed by atoms with E-state index in [-0.39, 0.29) is 0 Å². The fourth-order valence-electron chi connectivity index (χ4n) is 2.74. The lowest BCUT2D eigenvalue weighted by molar-refractivity contribution is 0.197. The predicted molar refractivity (Wildman–Crippen MR) is 77.5 cm³/mol. The van der Waals surface area contributed by atoms with Crippen LogP contribution in [0.3, 0.4) is 0 Å². The van der Waals surface area contributed by atoms with Gasteiger partial charge in [0.25, 0.3) is 0 Å². The maximum absolute atomic E-state index is 4.81. The number of nitrogens with one attached hydrogen (secondary N) is 2. The largest absolute Gasteiger partial charge is 0.364 e. The first-order chi connectivity index (χ1) is 9.85. The molecule has 20 heavy (non-hydrogen) atoms. The molecule has 0 spiro atoms. The van der Waals surface area contributed by atoms with Gasteiger partial charge in [0.05, 0.1) is 6.54 Å². The normalized spacial score (nSPS) is 21.9. The Morgan fingerprint density at radius 2 is 2.20 bits per heavy atom. The standard InChI is InChI=1S/C14H23N5O/c1-15-14(16-10-12-6-9-20-18-12)17-11-4-7-19(8-5-11)13-2-3-13/h6,9,11,13H,2-5,7-8,10H2,1H3,(H2,15,16,17). The van der Waals surface area contributed by atoms with Crippen molar-refractivity contribution in [3.8, 4) is 0 Å². The van der Waals surface area contributed by atoms with Crippen LogP contribution in [0.15, 0.2) is 21.8 Å². The maximum atomic E-state index is 4.81. The molecular weight excluding hydrogens is 254 g/mol. The van der Waals surface area contributed by atoms with Gasteiger partial charge in [-0.2, -0.15) is 0 Å². The molecule has 2 fully saturated rings. The maximum Gasteiger partial charge on any atom is 0.191 e. The molecule has 2 heterocycles. The van der Waals surface area contributed by atoms with Crippen molar-refractivity contribution in [1.82, 2.24) is 20.7 Å². The second kappa shape index (κ2) is 6.26. The topological polar surface area (TPSA) is 65.7 Å². The van der Waals surface area contributed by atoms with Crippen molar-refractivity contribution in [1.29, 1.82) is 0 Å². The Balaban J connectivity index is 1.41. The minimum Gasteiger partial charge on any atom is -0.364 e. The van der Waals surface area contributed by atoms with Crippen LogP contribution in [0, 0.1) is 0 Å². The third-order valence-electron chi connectivity index (χ3n) is 4.09. The van der Waals surface area contributed by atoms with Gasteiger partial charge in [-0.15, -0.1) is 0 Å². The summed E-state index contributed by atoms with van der Waals surface area (Å²) >= 11 is 0. The Kier molecular flexibility index (Phi) is 4.20. The van der Waals surface area contributed by atoms with Crippen molar-refractivity contribution in [3.63, 3.8) is 0 Å². The Morgan fingerprint density at radius 3 is 2.80 bits per heavy atom. The van der Waals surface area contributed by atoms with Gasteiger partial charge >= 0.3 is 0 Å². The van der Waals surface area contributed by atoms with Gasteiger partial charge in [-0.3, -0.25) is 4.99 Å². The molecule has 1 aromatic rings. The number of aliphatic imine (C=N–C) groups is 1. The summed E-state index contributed by atoms with van der Waals surface area (Å²) in [4.78, 5) is 6.90. The SMILES string of the molecule is CN=C(NCc1ccon1)NC1CCN(C2CC2)CC1. The van der Waals surface area contributed by atoms with E-state index >= 15 is 0 Å². The molecule has 6 nitrogen and oxygen atoms in total. The smallest absolute Gasteiger partial charge is 0.191 e. The lowest BCUT2D eigenvalue weighted by Gasteiger charge is -2.33. The van der Waals surface area contributed by atoms with Gasteiger partial charge < -0.3 is 20.1 Å². The summed E-state index contributed by atoms with van der Waals surface area (Å²) < 4.78 is 4.81. The van der Waals surface area contributed by atoms with Gasteiger partial charge in [-0.25, -0.2) is 0 Å². The molecule has 0 bridgehead atoms. The van der Waals surface area contributed by atoms with Gasteiger partial charge in [0.2, 0.25) is 0 Å². The van der Waals surface area contributed by atoms with Crippen LogP contribution >= 0.6 is 0 Å². The average molecular weight is 277 g/mol. The van der Waals surface area contributed by atoms with Crippen LogP contribution < -0.4 is 10.6 Å². The first-order valence-corrected chi connectivity index (χ1v) is 7.45. The molecule has 2 aliphatic rings. The highest BCUT2D eigenvalue weighted by molar-refractivity contribution is 5.79. The molecule has 0 aromatic carbocycles. The highest BCUT2D eigenvalue weighted by atomic mass is 16.5. The summed E-state index contributed by atoms with van der Waals surface area (Å²) in [5.74, 6) is 0.845. The molecule has 0 amide bonds. The number of hydrogen-bond donors (Lipinski definition) is 2. The van der Waals surface area contributed by atoms with Crippen LogP contribution in [0.2, 0.25) is 0 Å². The average Bonchev–Trinajstić information content (AvgIpc) is 3.21. The zero-order valence-corrected chi connectivity index (χ0v) is 12.0. The van der Waals surface area contributed by atoms with E-state index in [4.69, 9.17) is 4.52 Å². The second-order valence-corrected chi connectivity index (χ2v) is 5.60. The number of likely N-dealkylation sites (tertiary alicyclic amines) is 1. The summed E-state index contributed by atoms with van der Waals surface area (Å²) in [5.41, 5.74) is 0.886. The van der Waals surface area contributed by atoms with E-state index in [0.29, 0.717) is 12.6 Å². The molecule has 3 rings (SSSR count). The molecule has 1 aromatic heterocycles. The van der Waals surface area contributed by atoms with Gasteiger partial charge in [0.1, 0.15) is 12.0 Å². The molecule has 110 valence electrons. The van der Waals surface area contributed by atoms with Crippen molar-refractivity contribution in [2.75, 3.05) is 20.1 Å². The van der Waals surface area contributed by atoms with E-state index in [9.17, 15) is 0 Å². The van der Waals surface area contributed by atoms with E-state index in [1.807, 2.05) is 6.07 Å². The first-order valence-electron chi connectivity index (χ1n) is 7.45. The van der Waals surface area contributed by atoms with Crippen LogP contribution in [0.5, 0.6) is 0 Å². The summed E-state index contributed by atoms with van der Waals surface area (Å²) in [6, 6.07) is 3.27. The quantitative estimate of drug-likeness (QED) is 0.634. The molecule has 1 aliphatic carbocycles. The van der Waals surface area contributed by atoms with Gasteiger partial charge in [-0.1, -0.05) is 5.16 Å². The van der Waals surface area contributed by atoms with Crippen LogP contribution in [0.1, 0.15) is 31.4 Å². The Labute approximate surface area is 119 Å². The predicted octanol–water partition coefficient (Wildman–Crippen LogP) is 0.966. The first kappa shape index (κ1) is 13.4. The van der Waals surface area contributed by atoms with Crippen LogP contribution in [-0.4, -0.2) is 48.2 Å². The number of piperidine rings is 1. The molecule has 1 aliphatic heterocycles. The van der Waals surface area contributed by atoms with E-state index < -0.39 is 0 Å². The Morgan fingerprint density at radius 1 is 1.40 bits per heavy atom. The Bertz CT molecular complexity index is 432. The second-order valence-electron chi connectivity index (χ2n) is 5.60. The Hall–Kier alpha value is -1.56. The van der Waals surface area contributed by atoms with Crippen LogP contribution in [0.25, 0.3) is 0 Å². The lowest BCUT2D eigenvalue weighted by atomic mass is 10.1. The van der Waals surface area contributed by atoms with E-state index in [0.717, 1.165) is 17.7 Å². The number of hydrogen-bond acceptors (Lipinski definition) is 4. The van der Waals surface area contributed by atoms with E-state index in [1.54, 1.807) is 13.3 Å². The molecule has 0 unspecified atom stereocenters. The van der Waals surface area contributed by atoms with Crippen molar-refractivity contribution in [2.24, 2.45) is 4.99 Å². The monoisotopic (exact) mass is 277 g/mol. The van der Waals surface area contributed by atoms with Crippen molar-refractivity contribution < 1.29 is 4.52 Å². The molecule has 2 N–H and O–H groups in total. The highest BCUT2D eigenvalue weighted by Crippen LogP contribution is 2.29. The summed E-state index contributed by atoms with van der Waals surface area (Å²) in [6.45, 7) is 3.06. The van der Waals surface area contributed by atoms with E-state index in [2.05, 4.69) is 25.7 Å².